The van der Waals surface area contributed by atoms with Crippen LogP contribution in [0.25, 0.3) is 0 Å². The van der Waals surface area contributed by atoms with Crippen LogP contribution in [0, 0.1) is 0 Å². The zero-order valence-electron chi connectivity index (χ0n) is 6.57. The molecule has 0 aromatic heterocycles. The molecule has 0 saturated carbocycles. The van der Waals surface area contributed by atoms with Crippen LogP contribution in [0.4, 0.5) is 0 Å². The van der Waals surface area contributed by atoms with Gasteiger partial charge in [0, 0.05) is 5.57 Å². The van der Waals surface area contributed by atoms with Crippen molar-refractivity contribution in [1.29, 1.82) is 0 Å². The van der Waals surface area contributed by atoms with E-state index < -0.39 is 0 Å². The van der Waals surface area contributed by atoms with Gasteiger partial charge in [-0.15, -0.1) is 5.48 Å². The molecule has 62 valence electrons. The molecule has 1 unspecified atom stereocenters. The molecule has 0 saturated heterocycles. The average Bonchev–Trinajstić information content (AvgIpc) is 2.49. The molecule has 12 heavy (non-hydrogen) atoms. The van der Waals surface area contributed by atoms with Gasteiger partial charge in [-0.3, -0.25) is 9.73 Å². The summed E-state index contributed by atoms with van der Waals surface area (Å²) >= 11 is 0. The van der Waals surface area contributed by atoms with Crippen molar-refractivity contribution in [3.8, 4) is 0 Å². The maximum atomic E-state index is 11.0. The number of fused-ring (bicyclic) bond motifs is 1. The molecule has 1 aliphatic carbocycles. The molecule has 2 aliphatic rings. The summed E-state index contributed by atoms with van der Waals surface area (Å²) in [5.74, 6) is 0.0410. The van der Waals surface area contributed by atoms with Crippen LogP contribution >= 0.6 is 0 Å². The van der Waals surface area contributed by atoms with E-state index in [4.69, 9.17) is 0 Å². The number of nitrogens with zero attached hydrogens (tertiary/aromatic N) is 1. The molecule has 4 nitrogen and oxygen atoms in total. The molecule has 1 atom stereocenters. The van der Waals surface area contributed by atoms with E-state index >= 15 is 0 Å². The molecule has 0 aromatic carbocycles. The summed E-state index contributed by atoms with van der Waals surface area (Å²) in [5, 5.41) is 3.72. The van der Waals surface area contributed by atoms with Crippen molar-refractivity contribution >= 4 is 11.5 Å². The van der Waals surface area contributed by atoms with Crippen LogP contribution in [0.1, 0.15) is 6.92 Å². The Morgan fingerprint density at radius 3 is 3.33 bits per heavy atom. The lowest BCUT2D eigenvalue weighted by Crippen LogP contribution is -2.28. The number of oxime groups is 1. The van der Waals surface area contributed by atoms with Crippen LogP contribution in [0.2, 0.25) is 0 Å². The molecule has 0 amide bonds. The lowest BCUT2D eigenvalue weighted by Gasteiger charge is -2.07. The van der Waals surface area contributed by atoms with E-state index in [9.17, 15) is 4.79 Å². The lowest BCUT2D eigenvalue weighted by atomic mass is 10.00. The SMILES string of the molecule is CC(=O)C1=CC2=NONC2C=C1. The lowest BCUT2D eigenvalue weighted by molar-refractivity contribution is -0.113. The van der Waals surface area contributed by atoms with Crippen LogP contribution in [-0.2, 0) is 9.73 Å². The van der Waals surface area contributed by atoms with Crippen molar-refractivity contribution in [2.24, 2.45) is 5.16 Å². The monoisotopic (exact) mass is 164 g/mol. The molecular formula is C8H8N2O2. The molecule has 1 N–H and O–H groups in total. The van der Waals surface area contributed by atoms with Gasteiger partial charge in [-0.2, -0.15) is 0 Å². The van der Waals surface area contributed by atoms with Crippen molar-refractivity contribution in [1.82, 2.24) is 5.48 Å². The van der Waals surface area contributed by atoms with Crippen LogP contribution in [0.15, 0.2) is 29.0 Å². The zero-order chi connectivity index (χ0) is 8.55. The maximum Gasteiger partial charge on any atom is 0.159 e. The number of Topliss-reactive ketones (excluding diaryl/α,β-unsaturated/α-hetero) is 1. The van der Waals surface area contributed by atoms with E-state index in [0.717, 1.165) is 5.71 Å². The summed E-state index contributed by atoms with van der Waals surface area (Å²) in [7, 11) is 0. The molecule has 0 spiro atoms. The standard InChI is InChI=1S/C8H8N2O2/c1-5(11)6-2-3-7-8(4-6)10-12-9-7/h2-4,7,9H,1H3. The Morgan fingerprint density at radius 1 is 1.75 bits per heavy atom. The van der Waals surface area contributed by atoms with Crippen LogP contribution in [0.3, 0.4) is 0 Å². The molecule has 0 bridgehead atoms. The number of hydrogen-bond donors (Lipinski definition) is 1. The number of rotatable bonds is 1. The van der Waals surface area contributed by atoms with Gasteiger partial charge >= 0.3 is 0 Å². The van der Waals surface area contributed by atoms with Gasteiger partial charge in [0.25, 0.3) is 0 Å². The number of carbonyl (C=O) groups excluding carboxylic acids is 1. The average molecular weight is 164 g/mol. The fraction of sp³-hybridized carbons (Fsp3) is 0.250. The van der Waals surface area contributed by atoms with Crippen LogP contribution in [-0.4, -0.2) is 17.5 Å². The fourth-order valence-corrected chi connectivity index (χ4v) is 1.13. The quantitative estimate of drug-likeness (QED) is 0.607. The predicted molar refractivity (Wildman–Crippen MR) is 43.3 cm³/mol. The van der Waals surface area contributed by atoms with Crippen molar-refractivity contribution < 1.29 is 9.73 Å². The normalized spacial score (nSPS) is 25.6. The Hall–Kier alpha value is -1.42. The minimum atomic E-state index is 0.00750. The Kier molecular flexibility index (Phi) is 1.55. The van der Waals surface area contributed by atoms with Gasteiger partial charge in [0.2, 0.25) is 0 Å². The first-order valence-electron chi connectivity index (χ1n) is 3.67. The molecule has 1 heterocycles. The number of hydrogen-bond acceptors (Lipinski definition) is 4. The van der Waals surface area contributed by atoms with Gasteiger partial charge < -0.3 is 0 Å². The van der Waals surface area contributed by atoms with Gasteiger partial charge in [-0.25, -0.2) is 0 Å². The van der Waals surface area contributed by atoms with Gasteiger partial charge in [0.05, 0.1) is 0 Å². The van der Waals surface area contributed by atoms with E-state index in [2.05, 4.69) is 15.6 Å². The largest absolute Gasteiger partial charge is 0.298 e. The molecular weight excluding hydrogens is 156 g/mol. The van der Waals surface area contributed by atoms with Crippen LogP contribution < -0.4 is 5.48 Å². The first-order valence-corrected chi connectivity index (χ1v) is 3.67. The van der Waals surface area contributed by atoms with E-state index in [1.807, 2.05) is 6.08 Å². The van der Waals surface area contributed by atoms with Crippen molar-refractivity contribution in [2.75, 3.05) is 0 Å². The molecule has 2 rings (SSSR count). The van der Waals surface area contributed by atoms with E-state index in [0.29, 0.717) is 5.57 Å². The fourth-order valence-electron chi connectivity index (χ4n) is 1.13. The predicted octanol–water partition coefficient (Wildman–Crippen LogP) is 0.331. The summed E-state index contributed by atoms with van der Waals surface area (Å²) < 4.78 is 0. The van der Waals surface area contributed by atoms with Crippen LogP contribution in [0.5, 0.6) is 0 Å². The summed E-state index contributed by atoms with van der Waals surface area (Å²) in [6, 6.07) is 0.00750. The summed E-state index contributed by atoms with van der Waals surface area (Å²) in [5.41, 5.74) is 4.09. The Bertz CT molecular complexity index is 315. The van der Waals surface area contributed by atoms with Crippen molar-refractivity contribution in [3.05, 3.63) is 23.8 Å². The van der Waals surface area contributed by atoms with E-state index in [1.54, 1.807) is 12.2 Å². The number of hydroxylamine groups is 1. The molecule has 0 aromatic rings. The van der Waals surface area contributed by atoms with Gasteiger partial charge in [-0.1, -0.05) is 17.3 Å². The second kappa shape index (κ2) is 2.57. The summed E-state index contributed by atoms with van der Waals surface area (Å²) in [6.45, 7) is 1.53. The third-order valence-electron chi connectivity index (χ3n) is 1.83. The number of allylic oxidation sites excluding steroid dienone is 2. The number of carbonyl (C=O) groups is 1. The van der Waals surface area contributed by atoms with Crippen molar-refractivity contribution in [2.45, 2.75) is 13.0 Å². The van der Waals surface area contributed by atoms with E-state index in [1.165, 1.54) is 6.92 Å². The van der Waals surface area contributed by atoms with Gasteiger partial charge in [-0.05, 0) is 13.0 Å². The number of ketones is 1. The van der Waals surface area contributed by atoms with Gasteiger partial charge in [0.15, 0.2) is 5.78 Å². The minimum absolute atomic E-state index is 0.00750. The Labute approximate surface area is 69.5 Å². The second-order valence-electron chi connectivity index (χ2n) is 2.72. The smallest absolute Gasteiger partial charge is 0.159 e. The van der Waals surface area contributed by atoms with Gasteiger partial charge in [0.1, 0.15) is 11.8 Å². The maximum absolute atomic E-state index is 11.0. The Balaban J connectivity index is 2.31. The first-order chi connectivity index (χ1) is 5.77. The minimum Gasteiger partial charge on any atom is -0.298 e. The molecule has 4 heteroatoms. The second-order valence-corrected chi connectivity index (χ2v) is 2.72. The molecule has 0 fully saturated rings. The first kappa shape index (κ1) is 7.24. The third kappa shape index (κ3) is 1.06. The Morgan fingerprint density at radius 2 is 2.58 bits per heavy atom. The summed E-state index contributed by atoms with van der Waals surface area (Å²) in [4.78, 5) is 15.6. The third-order valence-corrected chi connectivity index (χ3v) is 1.83. The number of nitrogens with one attached hydrogen (secondary N) is 1. The van der Waals surface area contributed by atoms with Crippen molar-refractivity contribution in [3.63, 3.8) is 0 Å². The molecule has 0 radical (unpaired) electrons. The highest BCUT2D eigenvalue weighted by atomic mass is 16.8. The summed E-state index contributed by atoms with van der Waals surface area (Å²) in [6.07, 6.45) is 5.35. The topological polar surface area (TPSA) is 50.7 Å². The highest BCUT2D eigenvalue weighted by Gasteiger charge is 2.22. The molecule has 1 aliphatic heterocycles. The highest BCUT2D eigenvalue weighted by molar-refractivity contribution is 6.10. The zero-order valence-corrected chi connectivity index (χ0v) is 6.57. The highest BCUT2D eigenvalue weighted by Crippen LogP contribution is 2.13. The van der Waals surface area contributed by atoms with E-state index in [-0.39, 0.29) is 11.8 Å².